The topological polar surface area (TPSA) is 54.3 Å². The Labute approximate surface area is 115 Å². The number of aryl methyl sites for hydroxylation is 1. The van der Waals surface area contributed by atoms with Gasteiger partial charge in [-0.3, -0.25) is 0 Å². The minimum Gasteiger partial charge on any atom is -0.352 e. The predicted molar refractivity (Wildman–Crippen MR) is 75.3 cm³/mol. The van der Waals surface area contributed by atoms with Gasteiger partial charge in [0.05, 0.1) is 0 Å². The highest BCUT2D eigenvalue weighted by molar-refractivity contribution is 7.89. The van der Waals surface area contributed by atoms with E-state index in [0.29, 0.717) is 23.9 Å². The number of nitrogens with zero attached hydrogens (tertiary/aromatic N) is 2. The van der Waals surface area contributed by atoms with Crippen LogP contribution in [0.1, 0.15) is 26.0 Å². The summed E-state index contributed by atoms with van der Waals surface area (Å²) in [6.45, 7) is 5.37. The van der Waals surface area contributed by atoms with Crippen molar-refractivity contribution in [3.63, 3.8) is 0 Å². The van der Waals surface area contributed by atoms with Crippen LogP contribution >= 0.6 is 0 Å². The number of hydrogen-bond donors (Lipinski definition) is 1. The molecule has 1 saturated heterocycles. The second-order valence-corrected chi connectivity index (χ2v) is 7.46. The van der Waals surface area contributed by atoms with Gasteiger partial charge in [-0.2, -0.15) is 4.31 Å². The summed E-state index contributed by atoms with van der Waals surface area (Å²) in [7, 11) is 0.373. The zero-order valence-corrected chi connectivity index (χ0v) is 12.9. The molecule has 2 rings (SSSR count). The van der Waals surface area contributed by atoms with Gasteiger partial charge in [-0.25, -0.2) is 8.42 Å². The van der Waals surface area contributed by atoms with Gasteiger partial charge in [0.15, 0.2) is 0 Å². The summed E-state index contributed by atoms with van der Waals surface area (Å²) in [6, 6.07) is 1.86. The maximum Gasteiger partial charge on any atom is 0.244 e. The molecule has 0 radical (unpaired) electrons. The Morgan fingerprint density at radius 3 is 2.63 bits per heavy atom. The summed E-state index contributed by atoms with van der Waals surface area (Å²) in [5.74, 6) is 0.435. The number of sulfonamides is 1. The molecule has 0 bridgehead atoms. The smallest absolute Gasteiger partial charge is 0.244 e. The van der Waals surface area contributed by atoms with Crippen molar-refractivity contribution in [2.24, 2.45) is 13.0 Å². The molecule has 2 heterocycles. The van der Waals surface area contributed by atoms with Gasteiger partial charge in [-0.1, -0.05) is 6.92 Å². The minimum absolute atomic E-state index is 0.0907. The number of hydrogen-bond acceptors (Lipinski definition) is 3. The van der Waals surface area contributed by atoms with Crippen LogP contribution in [0.25, 0.3) is 0 Å². The molecule has 0 saturated carbocycles. The van der Waals surface area contributed by atoms with Crippen LogP contribution in [0.2, 0.25) is 0 Å². The summed E-state index contributed by atoms with van der Waals surface area (Å²) in [4.78, 5) is 0.404. The molecule has 108 valence electrons. The van der Waals surface area contributed by atoms with Crippen LogP contribution < -0.4 is 5.32 Å². The van der Waals surface area contributed by atoms with Gasteiger partial charge >= 0.3 is 0 Å². The average molecular weight is 285 g/mol. The van der Waals surface area contributed by atoms with Gasteiger partial charge in [0.2, 0.25) is 10.0 Å². The van der Waals surface area contributed by atoms with E-state index in [2.05, 4.69) is 12.2 Å². The predicted octanol–water partition coefficient (Wildman–Crippen LogP) is 1.16. The van der Waals surface area contributed by atoms with E-state index in [9.17, 15) is 8.42 Å². The molecule has 5 nitrogen and oxygen atoms in total. The largest absolute Gasteiger partial charge is 0.352 e. The molecular weight excluding hydrogens is 262 g/mol. The fraction of sp³-hybridized carbons (Fsp3) is 0.692. The lowest BCUT2D eigenvalue weighted by Gasteiger charge is -2.20. The summed E-state index contributed by atoms with van der Waals surface area (Å²) in [5.41, 5.74) is 0.973. The third kappa shape index (κ3) is 2.70. The summed E-state index contributed by atoms with van der Waals surface area (Å²) in [6.07, 6.45) is 2.65. The van der Waals surface area contributed by atoms with Crippen molar-refractivity contribution in [3.05, 3.63) is 18.0 Å². The molecule has 0 aromatic carbocycles. The Balaban J connectivity index is 2.32. The Kier molecular flexibility index (Phi) is 4.03. The summed E-state index contributed by atoms with van der Waals surface area (Å²) < 4.78 is 28.8. The maximum atomic E-state index is 12.7. The van der Waals surface area contributed by atoms with E-state index in [-0.39, 0.29) is 6.04 Å². The van der Waals surface area contributed by atoms with Crippen LogP contribution in [0.15, 0.2) is 17.2 Å². The monoisotopic (exact) mass is 285 g/mol. The van der Waals surface area contributed by atoms with Crippen molar-refractivity contribution >= 4 is 10.0 Å². The SMILES string of the molecule is CNCc1cc(S(=O)(=O)N2CC(C)CC2C)cn1C. The van der Waals surface area contributed by atoms with Gasteiger partial charge in [-0.15, -0.1) is 0 Å². The van der Waals surface area contributed by atoms with E-state index in [0.717, 1.165) is 12.1 Å². The molecule has 1 aromatic heterocycles. The fourth-order valence-corrected chi connectivity index (χ4v) is 4.66. The van der Waals surface area contributed by atoms with Crippen molar-refractivity contribution in [3.8, 4) is 0 Å². The fourth-order valence-electron chi connectivity index (χ4n) is 2.81. The van der Waals surface area contributed by atoms with Crippen molar-refractivity contribution < 1.29 is 8.42 Å². The van der Waals surface area contributed by atoms with E-state index >= 15 is 0 Å². The van der Waals surface area contributed by atoms with Crippen LogP contribution in [0, 0.1) is 5.92 Å². The molecule has 2 unspecified atom stereocenters. The van der Waals surface area contributed by atoms with Crippen molar-refractivity contribution in [1.29, 1.82) is 0 Å². The second-order valence-electron chi connectivity index (χ2n) is 5.57. The van der Waals surface area contributed by atoms with Crippen molar-refractivity contribution in [1.82, 2.24) is 14.2 Å². The summed E-state index contributed by atoms with van der Waals surface area (Å²) >= 11 is 0. The first-order chi connectivity index (χ1) is 8.86. The third-order valence-corrected chi connectivity index (χ3v) is 5.72. The lowest BCUT2D eigenvalue weighted by atomic mass is 10.1. The second kappa shape index (κ2) is 5.26. The standard InChI is InChI=1S/C13H23N3O2S/c1-10-5-11(2)16(8-10)19(17,18)13-6-12(7-14-3)15(4)9-13/h6,9-11,14H,5,7-8H2,1-4H3. The lowest BCUT2D eigenvalue weighted by molar-refractivity contribution is 0.405. The van der Waals surface area contributed by atoms with Crippen LogP contribution in [0.3, 0.4) is 0 Å². The molecule has 19 heavy (non-hydrogen) atoms. The Hall–Kier alpha value is -0.850. The Morgan fingerprint density at radius 1 is 1.42 bits per heavy atom. The highest BCUT2D eigenvalue weighted by Crippen LogP contribution is 2.29. The first-order valence-corrected chi connectivity index (χ1v) is 8.12. The highest BCUT2D eigenvalue weighted by atomic mass is 32.2. The van der Waals surface area contributed by atoms with Crippen LogP contribution in [0.5, 0.6) is 0 Å². The summed E-state index contributed by atoms with van der Waals surface area (Å²) in [5, 5.41) is 3.05. The van der Waals surface area contributed by atoms with E-state index in [4.69, 9.17) is 0 Å². The maximum absolute atomic E-state index is 12.7. The first-order valence-electron chi connectivity index (χ1n) is 6.68. The molecule has 0 amide bonds. The van der Waals surface area contributed by atoms with Gasteiger partial charge in [-0.05, 0) is 32.4 Å². The van der Waals surface area contributed by atoms with Crippen LogP contribution in [0.4, 0.5) is 0 Å². The molecule has 0 spiro atoms. The third-order valence-electron chi connectivity index (χ3n) is 3.77. The zero-order valence-electron chi connectivity index (χ0n) is 12.0. The zero-order chi connectivity index (χ0) is 14.2. The Morgan fingerprint density at radius 2 is 2.11 bits per heavy atom. The van der Waals surface area contributed by atoms with Gasteiger partial charge < -0.3 is 9.88 Å². The quantitative estimate of drug-likeness (QED) is 0.903. The molecule has 1 aliphatic heterocycles. The minimum atomic E-state index is -3.36. The first kappa shape index (κ1) is 14.6. The van der Waals surface area contributed by atoms with E-state index in [1.54, 1.807) is 16.6 Å². The van der Waals surface area contributed by atoms with E-state index in [1.807, 2.05) is 25.6 Å². The molecule has 1 fully saturated rings. The molecule has 1 aromatic rings. The Bertz CT molecular complexity index is 550. The van der Waals surface area contributed by atoms with Gasteiger partial charge in [0, 0.05) is 38.1 Å². The van der Waals surface area contributed by atoms with Crippen molar-refractivity contribution in [2.75, 3.05) is 13.6 Å². The van der Waals surface area contributed by atoms with Gasteiger partial charge in [0.1, 0.15) is 4.90 Å². The number of aromatic nitrogens is 1. The molecule has 1 aliphatic rings. The number of nitrogens with one attached hydrogen (secondary N) is 1. The van der Waals surface area contributed by atoms with Crippen molar-refractivity contribution in [2.45, 2.75) is 37.8 Å². The molecular formula is C13H23N3O2S. The number of rotatable bonds is 4. The van der Waals surface area contributed by atoms with E-state index in [1.165, 1.54) is 0 Å². The van der Waals surface area contributed by atoms with Gasteiger partial charge in [0.25, 0.3) is 0 Å². The molecule has 0 aliphatic carbocycles. The van der Waals surface area contributed by atoms with Crippen LogP contribution in [-0.2, 0) is 23.6 Å². The average Bonchev–Trinajstić information content (AvgIpc) is 2.84. The molecule has 2 atom stereocenters. The highest BCUT2D eigenvalue weighted by Gasteiger charge is 2.36. The van der Waals surface area contributed by atoms with E-state index < -0.39 is 10.0 Å². The lowest BCUT2D eigenvalue weighted by Crippen LogP contribution is -2.33. The molecule has 1 N–H and O–H groups in total. The normalized spacial score (nSPS) is 25.1. The molecule has 6 heteroatoms. The van der Waals surface area contributed by atoms with Crippen LogP contribution in [-0.4, -0.2) is 36.9 Å².